The van der Waals surface area contributed by atoms with Gasteiger partial charge in [0.05, 0.1) is 11.8 Å². The Bertz CT molecular complexity index is 1060. The smallest absolute Gasteiger partial charge is 0.257 e. The Morgan fingerprint density at radius 1 is 1.04 bits per heavy atom. The molecule has 1 aliphatic heterocycles. The Balaban J connectivity index is 1.49. The van der Waals surface area contributed by atoms with Crippen molar-refractivity contribution in [3.63, 3.8) is 0 Å². The summed E-state index contributed by atoms with van der Waals surface area (Å²) in [7, 11) is 0. The maximum Gasteiger partial charge on any atom is 0.257 e. The molecule has 3 aromatic rings. The van der Waals surface area contributed by atoms with Crippen LogP contribution in [0.3, 0.4) is 0 Å². The number of fused-ring (bicyclic) bond motifs is 1. The standard InChI is InChI=1S/C21H23N5O2/c1-14-6-4-5-7-18(14)21(28)24-8-9-25(16(3)12-24)20(27)17-11-22-19-15(2)10-23-26(19)13-17/h4-7,10-11,13,16H,8-9,12H2,1-3H3/t16-/m0/s1. The molecule has 0 bridgehead atoms. The number of rotatable bonds is 2. The number of piperazine rings is 1. The van der Waals surface area contributed by atoms with Crippen molar-refractivity contribution in [1.29, 1.82) is 0 Å². The molecule has 0 spiro atoms. The van der Waals surface area contributed by atoms with Crippen molar-refractivity contribution in [2.75, 3.05) is 19.6 Å². The Morgan fingerprint density at radius 2 is 1.82 bits per heavy atom. The summed E-state index contributed by atoms with van der Waals surface area (Å²) in [5, 5.41) is 4.23. The summed E-state index contributed by atoms with van der Waals surface area (Å²) >= 11 is 0. The molecule has 0 saturated carbocycles. The number of benzene rings is 1. The van der Waals surface area contributed by atoms with Gasteiger partial charge in [-0.15, -0.1) is 0 Å². The Labute approximate surface area is 163 Å². The van der Waals surface area contributed by atoms with E-state index in [0.717, 1.165) is 22.3 Å². The molecular formula is C21H23N5O2. The molecule has 3 heterocycles. The molecule has 7 nitrogen and oxygen atoms in total. The van der Waals surface area contributed by atoms with Crippen LogP contribution in [0.15, 0.2) is 42.9 Å². The fourth-order valence-corrected chi connectivity index (χ4v) is 3.70. The summed E-state index contributed by atoms with van der Waals surface area (Å²) in [6.45, 7) is 7.36. The zero-order valence-corrected chi connectivity index (χ0v) is 16.3. The quantitative estimate of drug-likeness (QED) is 0.687. The number of hydrogen-bond acceptors (Lipinski definition) is 4. The van der Waals surface area contributed by atoms with Crippen LogP contribution < -0.4 is 0 Å². The van der Waals surface area contributed by atoms with E-state index < -0.39 is 0 Å². The molecule has 144 valence electrons. The second kappa shape index (κ2) is 7.07. The van der Waals surface area contributed by atoms with Crippen LogP contribution in [-0.4, -0.2) is 61.9 Å². The van der Waals surface area contributed by atoms with Gasteiger partial charge >= 0.3 is 0 Å². The first-order valence-corrected chi connectivity index (χ1v) is 9.41. The van der Waals surface area contributed by atoms with E-state index in [1.54, 1.807) is 28.0 Å². The van der Waals surface area contributed by atoms with E-state index in [-0.39, 0.29) is 17.9 Å². The second-order valence-electron chi connectivity index (χ2n) is 7.35. The SMILES string of the molecule is Cc1ccccc1C(=O)N1CCN(C(=O)c2cnc3c(C)cnn3c2)[C@@H](C)C1. The number of aromatic nitrogens is 3. The molecule has 1 saturated heterocycles. The zero-order chi connectivity index (χ0) is 19.8. The van der Waals surface area contributed by atoms with Gasteiger partial charge in [-0.3, -0.25) is 9.59 Å². The monoisotopic (exact) mass is 377 g/mol. The molecule has 1 aliphatic rings. The number of amides is 2. The average Bonchev–Trinajstić information content (AvgIpc) is 3.07. The van der Waals surface area contributed by atoms with Gasteiger partial charge in [0.1, 0.15) is 0 Å². The highest BCUT2D eigenvalue weighted by molar-refractivity contribution is 5.96. The number of hydrogen-bond donors (Lipinski definition) is 0. The van der Waals surface area contributed by atoms with Gasteiger partial charge in [0.25, 0.3) is 11.8 Å². The Kier molecular flexibility index (Phi) is 4.58. The van der Waals surface area contributed by atoms with Gasteiger partial charge in [-0.25, -0.2) is 9.50 Å². The van der Waals surface area contributed by atoms with Crippen molar-refractivity contribution in [2.24, 2.45) is 0 Å². The van der Waals surface area contributed by atoms with Gasteiger partial charge in [0.15, 0.2) is 5.65 Å². The number of aryl methyl sites for hydroxylation is 2. The molecular weight excluding hydrogens is 354 g/mol. The van der Waals surface area contributed by atoms with Crippen molar-refractivity contribution in [1.82, 2.24) is 24.4 Å². The van der Waals surface area contributed by atoms with Gasteiger partial charge < -0.3 is 9.80 Å². The maximum atomic E-state index is 13.0. The second-order valence-corrected chi connectivity index (χ2v) is 7.35. The fourth-order valence-electron chi connectivity index (χ4n) is 3.70. The Morgan fingerprint density at radius 3 is 2.57 bits per heavy atom. The van der Waals surface area contributed by atoms with Crippen LogP contribution in [0.5, 0.6) is 0 Å². The van der Waals surface area contributed by atoms with Gasteiger partial charge in [-0.2, -0.15) is 5.10 Å². The van der Waals surface area contributed by atoms with Crippen molar-refractivity contribution in [2.45, 2.75) is 26.8 Å². The zero-order valence-electron chi connectivity index (χ0n) is 16.3. The predicted molar refractivity (Wildman–Crippen MR) is 105 cm³/mol. The van der Waals surface area contributed by atoms with Crippen LogP contribution in [0.25, 0.3) is 5.65 Å². The van der Waals surface area contributed by atoms with Crippen molar-refractivity contribution in [3.05, 3.63) is 65.1 Å². The number of carbonyl (C=O) groups is 2. The highest BCUT2D eigenvalue weighted by atomic mass is 16.2. The van der Waals surface area contributed by atoms with Crippen molar-refractivity contribution in [3.8, 4) is 0 Å². The van der Waals surface area contributed by atoms with E-state index >= 15 is 0 Å². The van der Waals surface area contributed by atoms with E-state index in [4.69, 9.17) is 0 Å². The van der Waals surface area contributed by atoms with Crippen LogP contribution in [0.2, 0.25) is 0 Å². The molecule has 0 unspecified atom stereocenters. The largest absolute Gasteiger partial charge is 0.335 e. The number of carbonyl (C=O) groups excluding carboxylic acids is 2. The lowest BCUT2D eigenvalue weighted by Gasteiger charge is -2.40. The molecule has 2 aromatic heterocycles. The van der Waals surface area contributed by atoms with Crippen LogP contribution in [0.4, 0.5) is 0 Å². The van der Waals surface area contributed by atoms with Crippen LogP contribution in [0.1, 0.15) is 38.8 Å². The van der Waals surface area contributed by atoms with Gasteiger partial charge in [-0.05, 0) is 32.4 Å². The van der Waals surface area contributed by atoms with Gasteiger partial charge in [0.2, 0.25) is 0 Å². The fraction of sp³-hybridized carbons (Fsp3) is 0.333. The number of nitrogens with zero attached hydrogens (tertiary/aromatic N) is 5. The van der Waals surface area contributed by atoms with Crippen molar-refractivity contribution >= 4 is 17.5 Å². The normalized spacial score (nSPS) is 17.2. The molecule has 1 aromatic carbocycles. The minimum absolute atomic E-state index is 0.0205. The first kappa shape index (κ1) is 18.2. The van der Waals surface area contributed by atoms with E-state index in [0.29, 0.717) is 25.2 Å². The first-order valence-electron chi connectivity index (χ1n) is 9.41. The van der Waals surface area contributed by atoms with E-state index in [1.165, 1.54) is 0 Å². The minimum atomic E-state index is -0.0851. The lowest BCUT2D eigenvalue weighted by atomic mass is 10.1. The van der Waals surface area contributed by atoms with E-state index in [9.17, 15) is 9.59 Å². The summed E-state index contributed by atoms with van der Waals surface area (Å²) in [6, 6.07) is 7.52. The summed E-state index contributed by atoms with van der Waals surface area (Å²) in [5.74, 6) is -0.0646. The highest BCUT2D eigenvalue weighted by Crippen LogP contribution is 2.18. The van der Waals surface area contributed by atoms with Crippen LogP contribution in [-0.2, 0) is 0 Å². The molecule has 0 N–H and O–H groups in total. The molecule has 4 rings (SSSR count). The molecule has 7 heteroatoms. The average molecular weight is 377 g/mol. The van der Waals surface area contributed by atoms with E-state index in [1.807, 2.05) is 49.9 Å². The maximum absolute atomic E-state index is 13.0. The summed E-state index contributed by atoms with van der Waals surface area (Å²) < 4.78 is 1.63. The summed E-state index contributed by atoms with van der Waals surface area (Å²) in [4.78, 5) is 33.9. The van der Waals surface area contributed by atoms with Gasteiger partial charge in [-0.1, -0.05) is 18.2 Å². The van der Waals surface area contributed by atoms with Crippen LogP contribution >= 0.6 is 0 Å². The predicted octanol–water partition coefficient (Wildman–Crippen LogP) is 2.33. The molecule has 28 heavy (non-hydrogen) atoms. The first-order chi connectivity index (χ1) is 13.5. The third-order valence-corrected chi connectivity index (χ3v) is 5.33. The highest BCUT2D eigenvalue weighted by Gasteiger charge is 2.31. The third-order valence-electron chi connectivity index (χ3n) is 5.33. The molecule has 0 aliphatic carbocycles. The molecule has 1 fully saturated rings. The molecule has 2 amide bonds. The summed E-state index contributed by atoms with van der Waals surface area (Å²) in [6.07, 6.45) is 5.05. The van der Waals surface area contributed by atoms with E-state index in [2.05, 4.69) is 10.1 Å². The Hall–Kier alpha value is -3.22. The summed E-state index contributed by atoms with van der Waals surface area (Å²) in [5.41, 5.74) is 3.90. The van der Waals surface area contributed by atoms with Gasteiger partial charge in [0, 0.05) is 49.2 Å². The molecule has 0 radical (unpaired) electrons. The molecule has 1 atom stereocenters. The minimum Gasteiger partial charge on any atom is -0.335 e. The topological polar surface area (TPSA) is 70.8 Å². The lowest BCUT2D eigenvalue weighted by Crippen LogP contribution is -2.55. The third kappa shape index (κ3) is 3.13. The van der Waals surface area contributed by atoms with Crippen LogP contribution in [0, 0.1) is 13.8 Å². The lowest BCUT2D eigenvalue weighted by molar-refractivity contribution is 0.0413. The van der Waals surface area contributed by atoms with Crippen molar-refractivity contribution < 1.29 is 9.59 Å².